The number of hydrogen-bond donors (Lipinski definition) is 2. The Bertz CT molecular complexity index is 190. The highest BCUT2D eigenvalue weighted by Crippen LogP contribution is 2.07. The van der Waals surface area contributed by atoms with Crippen molar-refractivity contribution in [1.29, 1.82) is 0 Å². The van der Waals surface area contributed by atoms with Crippen molar-refractivity contribution < 1.29 is 13.0 Å². The van der Waals surface area contributed by atoms with E-state index in [1.807, 2.05) is 0 Å². The summed E-state index contributed by atoms with van der Waals surface area (Å²) in [5.74, 6) is 0. The molecule has 7 heteroatoms. The fourth-order valence-corrected chi connectivity index (χ4v) is 1.17. The lowest BCUT2D eigenvalue weighted by Crippen LogP contribution is -2.36. The molecule has 0 aliphatic rings. The van der Waals surface area contributed by atoms with Gasteiger partial charge in [0.2, 0.25) is 0 Å². The van der Waals surface area contributed by atoms with Crippen LogP contribution in [-0.2, 0) is 10.3 Å². The molecular formula is C3H7Cl2NO3S. The Morgan fingerprint density at radius 3 is 2.00 bits per heavy atom. The quantitative estimate of drug-likeness (QED) is 0.526. The number of nitrogens with one attached hydrogen (secondary N) is 1. The van der Waals surface area contributed by atoms with E-state index in [2.05, 4.69) is 0 Å². The Morgan fingerprint density at radius 1 is 1.50 bits per heavy atom. The van der Waals surface area contributed by atoms with Gasteiger partial charge in [0.15, 0.2) is 0 Å². The minimum Gasteiger partial charge on any atom is -0.273 e. The molecule has 1 atom stereocenters. The van der Waals surface area contributed by atoms with Crippen LogP contribution in [0.4, 0.5) is 0 Å². The first-order valence-electron chi connectivity index (χ1n) is 2.36. The van der Waals surface area contributed by atoms with Gasteiger partial charge in [-0.2, -0.15) is 13.1 Å². The highest BCUT2D eigenvalue weighted by molar-refractivity contribution is 7.83. The van der Waals surface area contributed by atoms with E-state index in [4.69, 9.17) is 27.8 Å². The third-order valence-electron chi connectivity index (χ3n) is 0.713. The lowest BCUT2D eigenvalue weighted by molar-refractivity contribution is 0.458. The molecule has 0 saturated carbocycles. The zero-order valence-electron chi connectivity index (χ0n) is 5.08. The fraction of sp³-hybridized carbons (Fsp3) is 1.00. The summed E-state index contributed by atoms with van der Waals surface area (Å²) < 4.78 is 30.1. The van der Waals surface area contributed by atoms with Crippen molar-refractivity contribution in [2.24, 2.45) is 0 Å². The van der Waals surface area contributed by atoms with E-state index in [0.717, 1.165) is 0 Å². The number of rotatable bonds is 3. The predicted octanol–water partition coefficient (Wildman–Crippen LogP) is 0.571. The van der Waals surface area contributed by atoms with Gasteiger partial charge in [0.05, 0.1) is 6.04 Å². The van der Waals surface area contributed by atoms with E-state index >= 15 is 0 Å². The SMILES string of the molecule is CC(NS(=O)(=O)O)C(Cl)Cl. The van der Waals surface area contributed by atoms with E-state index in [-0.39, 0.29) is 0 Å². The molecule has 0 aliphatic carbocycles. The zero-order chi connectivity index (χ0) is 8.36. The topological polar surface area (TPSA) is 66.4 Å². The highest BCUT2D eigenvalue weighted by atomic mass is 35.5. The first-order valence-corrected chi connectivity index (χ1v) is 4.67. The average Bonchev–Trinajstić information content (AvgIpc) is 1.60. The van der Waals surface area contributed by atoms with E-state index in [0.29, 0.717) is 0 Å². The molecule has 0 fully saturated rings. The molecular weight excluding hydrogens is 201 g/mol. The number of hydrogen-bond acceptors (Lipinski definition) is 2. The second kappa shape index (κ2) is 3.73. The Labute approximate surface area is 69.4 Å². The molecule has 0 radical (unpaired) electrons. The van der Waals surface area contributed by atoms with Crippen molar-refractivity contribution in [2.75, 3.05) is 0 Å². The van der Waals surface area contributed by atoms with Gasteiger partial charge in [-0.05, 0) is 6.92 Å². The van der Waals surface area contributed by atoms with Crippen LogP contribution < -0.4 is 4.72 Å². The molecule has 0 aromatic heterocycles. The standard InChI is InChI=1S/C3H7Cl2NO3S/c1-2(3(4)5)6-10(7,8)9/h2-3,6H,1H3,(H,7,8,9). The lowest BCUT2D eigenvalue weighted by Gasteiger charge is -2.10. The van der Waals surface area contributed by atoms with E-state index < -0.39 is 21.2 Å². The summed E-state index contributed by atoms with van der Waals surface area (Å²) in [6.07, 6.45) is 0. The summed E-state index contributed by atoms with van der Waals surface area (Å²) in [5, 5.41) is 0. The van der Waals surface area contributed by atoms with Gasteiger partial charge in [-0.1, -0.05) is 0 Å². The average molecular weight is 208 g/mol. The normalized spacial score (nSPS) is 15.7. The Hall–Kier alpha value is 0.450. The van der Waals surface area contributed by atoms with Gasteiger partial charge in [0.1, 0.15) is 4.84 Å². The van der Waals surface area contributed by atoms with Gasteiger partial charge < -0.3 is 0 Å². The van der Waals surface area contributed by atoms with Gasteiger partial charge in [0, 0.05) is 0 Å². The van der Waals surface area contributed by atoms with Crippen molar-refractivity contribution >= 4 is 33.5 Å². The second-order valence-electron chi connectivity index (χ2n) is 1.72. The molecule has 0 aromatic rings. The molecule has 0 saturated heterocycles. The van der Waals surface area contributed by atoms with Crippen molar-refractivity contribution in [2.45, 2.75) is 17.8 Å². The first-order chi connectivity index (χ1) is 4.33. The van der Waals surface area contributed by atoms with Gasteiger partial charge in [0.25, 0.3) is 0 Å². The molecule has 0 rings (SSSR count). The molecule has 2 N–H and O–H groups in total. The maximum Gasteiger partial charge on any atom is 0.333 e. The molecule has 0 aliphatic heterocycles. The minimum atomic E-state index is -4.19. The van der Waals surface area contributed by atoms with Crippen LogP contribution in [-0.4, -0.2) is 23.8 Å². The van der Waals surface area contributed by atoms with Crippen LogP contribution in [0.1, 0.15) is 6.92 Å². The van der Waals surface area contributed by atoms with Crippen molar-refractivity contribution in [3.63, 3.8) is 0 Å². The van der Waals surface area contributed by atoms with Crippen LogP contribution in [0.2, 0.25) is 0 Å². The predicted molar refractivity (Wildman–Crippen MR) is 39.6 cm³/mol. The van der Waals surface area contributed by atoms with Gasteiger partial charge in [-0.3, -0.25) is 4.55 Å². The van der Waals surface area contributed by atoms with E-state index in [9.17, 15) is 8.42 Å². The lowest BCUT2D eigenvalue weighted by atomic mass is 10.4. The third kappa shape index (κ3) is 5.25. The van der Waals surface area contributed by atoms with Crippen molar-refractivity contribution in [3.8, 4) is 0 Å². The Morgan fingerprint density at radius 2 is 1.90 bits per heavy atom. The molecule has 0 bridgehead atoms. The van der Waals surface area contributed by atoms with Crippen LogP contribution >= 0.6 is 23.2 Å². The second-order valence-corrected chi connectivity index (χ2v) is 4.07. The van der Waals surface area contributed by atoms with E-state index in [1.165, 1.54) is 6.92 Å². The van der Waals surface area contributed by atoms with Crippen LogP contribution in [0, 0.1) is 0 Å². The maximum atomic E-state index is 10.1. The monoisotopic (exact) mass is 207 g/mol. The summed E-state index contributed by atoms with van der Waals surface area (Å²) in [6.45, 7) is 1.43. The molecule has 0 spiro atoms. The van der Waals surface area contributed by atoms with Crippen LogP contribution in [0.15, 0.2) is 0 Å². The van der Waals surface area contributed by atoms with E-state index in [1.54, 1.807) is 4.72 Å². The van der Waals surface area contributed by atoms with Crippen molar-refractivity contribution in [1.82, 2.24) is 4.72 Å². The summed E-state index contributed by atoms with van der Waals surface area (Å²) in [4.78, 5) is -0.873. The maximum absolute atomic E-state index is 10.1. The fourth-order valence-electron chi connectivity index (χ4n) is 0.286. The van der Waals surface area contributed by atoms with Crippen LogP contribution in [0.3, 0.4) is 0 Å². The van der Waals surface area contributed by atoms with Gasteiger partial charge >= 0.3 is 10.3 Å². The zero-order valence-corrected chi connectivity index (χ0v) is 7.41. The Balaban J connectivity index is 3.93. The summed E-state index contributed by atoms with van der Waals surface area (Å²) in [6, 6.07) is -0.696. The minimum absolute atomic E-state index is 0.696. The molecule has 4 nitrogen and oxygen atoms in total. The molecule has 0 amide bonds. The van der Waals surface area contributed by atoms with Crippen molar-refractivity contribution in [3.05, 3.63) is 0 Å². The van der Waals surface area contributed by atoms with Gasteiger partial charge in [-0.15, -0.1) is 23.2 Å². The Kier molecular flexibility index (Phi) is 3.90. The smallest absolute Gasteiger partial charge is 0.273 e. The molecule has 0 heterocycles. The molecule has 10 heavy (non-hydrogen) atoms. The molecule has 0 aromatic carbocycles. The largest absolute Gasteiger partial charge is 0.333 e. The molecule has 1 unspecified atom stereocenters. The van der Waals surface area contributed by atoms with Crippen LogP contribution in [0.25, 0.3) is 0 Å². The molecule has 62 valence electrons. The summed E-state index contributed by atoms with van der Waals surface area (Å²) in [7, 11) is -4.19. The van der Waals surface area contributed by atoms with Gasteiger partial charge in [-0.25, -0.2) is 0 Å². The third-order valence-corrected chi connectivity index (χ3v) is 2.14. The first kappa shape index (κ1) is 10.4. The highest BCUT2D eigenvalue weighted by Gasteiger charge is 2.15. The summed E-state index contributed by atoms with van der Waals surface area (Å²) in [5.41, 5.74) is 0. The summed E-state index contributed by atoms with van der Waals surface area (Å²) >= 11 is 10.5. The number of halogens is 2. The van der Waals surface area contributed by atoms with Crippen LogP contribution in [0.5, 0.6) is 0 Å². The number of alkyl halides is 2.